The minimum absolute atomic E-state index is 0.0753. The van der Waals surface area contributed by atoms with Crippen molar-refractivity contribution in [2.75, 3.05) is 43.0 Å². The van der Waals surface area contributed by atoms with Gasteiger partial charge in [0.2, 0.25) is 0 Å². The van der Waals surface area contributed by atoms with Crippen LogP contribution in [0.4, 0.5) is 16.2 Å². The second-order valence-corrected chi connectivity index (χ2v) is 6.27. The SMILES string of the molecule is CCOc1ccc(N2CCN(C(=O)Nc3ccc(Cl)cc3)CC2)cc1. The van der Waals surface area contributed by atoms with E-state index in [0.29, 0.717) is 24.7 Å². The van der Waals surface area contributed by atoms with Gasteiger partial charge < -0.3 is 19.9 Å². The Labute approximate surface area is 153 Å². The van der Waals surface area contributed by atoms with Gasteiger partial charge in [-0.3, -0.25) is 0 Å². The number of ether oxygens (including phenoxy) is 1. The molecule has 5 nitrogen and oxygen atoms in total. The third kappa shape index (κ3) is 4.57. The van der Waals surface area contributed by atoms with Crippen LogP contribution in [0, 0.1) is 0 Å². The maximum atomic E-state index is 12.4. The molecule has 1 fully saturated rings. The molecule has 1 aliphatic rings. The Hall–Kier alpha value is -2.40. The molecule has 1 N–H and O–H groups in total. The quantitative estimate of drug-likeness (QED) is 0.894. The van der Waals surface area contributed by atoms with E-state index in [0.717, 1.165) is 30.2 Å². The lowest BCUT2D eigenvalue weighted by Gasteiger charge is -2.36. The molecule has 2 aromatic rings. The second kappa shape index (κ2) is 8.12. The standard InChI is InChI=1S/C19H22ClN3O2/c1-2-25-18-9-7-17(8-10-18)22-11-13-23(14-12-22)19(24)21-16-5-3-15(20)4-6-16/h3-10H,2,11-14H2,1H3,(H,21,24). The van der Waals surface area contributed by atoms with E-state index in [9.17, 15) is 4.79 Å². The number of benzene rings is 2. The Morgan fingerprint density at radius 1 is 1.04 bits per heavy atom. The van der Waals surface area contributed by atoms with Crippen LogP contribution in [0.25, 0.3) is 0 Å². The molecule has 2 aromatic carbocycles. The molecule has 6 heteroatoms. The monoisotopic (exact) mass is 359 g/mol. The van der Waals surface area contributed by atoms with Crippen molar-refractivity contribution in [3.8, 4) is 5.75 Å². The summed E-state index contributed by atoms with van der Waals surface area (Å²) in [7, 11) is 0. The minimum atomic E-state index is -0.0753. The summed E-state index contributed by atoms with van der Waals surface area (Å²) in [4.78, 5) is 16.5. The number of urea groups is 1. The van der Waals surface area contributed by atoms with Crippen molar-refractivity contribution in [1.82, 2.24) is 4.90 Å². The molecular formula is C19H22ClN3O2. The maximum absolute atomic E-state index is 12.4. The number of carbonyl (C=O) groups is 1. The van der Waals surface area contributed by atoms with Gasteiger partial charge in [-0.1, -0.05) is 11.6 Å². The summed E-state index contributed by atoms with van der Waals surface area (Å²) in [5, 5.41) is 3.56. The summed E-state index contributed by atoms with van der Waals surface area (Å²) in [6.07, 6.45) is 0. The van der Waals surface area contributed by atoms with Crippen molar-refractivity contribution in [2.24, 2.45) is 0 Å². The molecule has 1 saturated heterocycles. The van der Waals surface area contributed by atoms with Crippen molar-refractivity contribution >= 4 is 29.0 Å². The Balaban J connectivity index is 1.52. The molecule has 2 amide bonds. The van der Waals surface area contributed by atoms with Crippen LogP contribution in [-0.4, -0.2) is 43.7 Å². The number of nitrogens with one attached hydrogen (secondary N) is 1. The van der Waals surface area contributed by atoms with Crippen molar-refractivity contribution in [3.05, 3.63) is 53.6 Å². The number of amides is 2. The number of anilines is 2. The number of piperazine rings is 1. The molecule has 0 aliphatic carbocycles. The van der Waals surface area contributed by atoms with Crippen molar-refractivity contribution in [2.45, 2.75) is 6.92 Å². The largest absolute Gasteiger partial charge is 0.494 e. The van der Waals surface area contributed by atoms with Gasteiger partial charge in [0.1, 0.15) is 5.75 Å². The summed E-state index contributed by atoms with van der Waals surface area (Å²) >= 11 is 5.86. The van der Waals surface area contributed by atoms with Crippen LogP contribution in [0.1, 0.15) is 6.92 Å². The van der Waals surface area contributed by atoms with Crippen LogP contribution < -0.4 is 15.0 Å². The topological polar surface area (TPSA) is 44.8 Å². The molecule has 0 spiro atoms. The first kappa shape index (κ1) is 17.4. The zero-order valence-corrected chi connectivity index (χ0v) is 15.0. The number of nitrogens with zero attached hydrogens (tertiary/aromatic N) is 2. The van der Waals surface area contributed by atoms with Gasteiger partial charge in [-0.15, -0.1) is 0 Å². The lowest BCUT2D eigenvalue weighted by atomic mass is 10.2. The van der Waals surface area contributed by atoms with Crippen LogP contribution in [-0.2, 0) is 0 Å². The number of carbonyl (C=O) groups excluding carboxylic acids is 1. The van der Waals surface area contributed by atoms with Crippen LogP contribution in [0.3, 0.4) is 0 Å². The van der Waals surface area contributed by atoms with Crippen LogP contribution in [0.5, 0.6) is 5.75 Å². The minimum Gasteiger partial charge on any atom is -0.494 e. The zero-order valence-electron chi connectivity index (χ0n) is 14.2. The molecule has 3 rings (SSSR count). The van der Waals surface area contributed by atoms with Crippen LogP contribution in [0.2, 0.25) is 5.02 Å². The number of halogens is 1. The highest BCUT2D eigenvalue weighted by Crippen LogP contribution is 2.21. The molecule has 25 heavy (non-hydrogen) atoms. The molecule has 0 atom stereocenters. The van der Waals surface area contributed by atoms with Gasteiger partial charge in [0.05, 0.1) is 6.61 Å². The Kier molecular flexibility index (Phi) is 5.66. The summed E-state index contributed by atoms with van der Waals surface area (Å²) in [5.41, 5.74) is 1.91. The summed E-state index contributed by atoms with van der Waals surface area (Å²) in [5.74, 6) is 0.882. The average molecular weight is 360 g/mol. The third-order valence-electron chi connectivity index (χ3n) is 4.18. The van der Waals surface area contributed by atoms with Crippen LogP contribution >= 0.6 is 11.6 Å². The van der Waals surface area contributed by atoms with E-state index in [-0.39, 0.29) is 6.03 Å². The molecular weight excluding hydrogens is 338 g/mol. The van der Waals surface area contributed by atoms with Gasteiger partial charge in [0, 0.05) is 42.6 Å². The molecule has 0 bridgehead atoms. The Morgan fingerprint density at radius 3 is 2.28 bits per heavy atom. The van der Waals surface area contributed by atoms with Crippen molar-refractivity contribution in [3.63, 3.8) is 0 Å². The summed E-state index contributed by atoms with van der Waals surface area (Å²) in [6, 6.07) is 15.2. The maximum Gasteiger partial charge on any atom is 0.321 e. The summed E-state index contributed by atoms with van der Waals surface area (Å²) in [6.45, 7) is 5.63. The molecule has 1 heterocycles. The smallest absolute Gasteiger partial charge is 0.321 e. The van der Waals surface area contributed by atoms with Crippen molar-refractivity contribution in [1.29, 1.82) is 0 Å². The normalized spacial score (nSPS) is 14.3. The molecule has 0 saturated carbocycles. The van der Waals surface area contributed by atoms with Crippen LogP contribution in [0.15, 0.2) is 48.5 Å². The van der Waals surface area contributed by atoms with E-state index in [1.165, 1.54) is 0 Å². The third-order valence-corrected chi connectivity index (χ3v) is 4.43. The Bertz CT molecular complexity index is 696. The van der Waals surface area contributed by atoms with Gasteiger partial charge in [-0.05, 0) is 55.5 Å². The fourth-order valence-electron chi connectivity index (χ4n) is 2.82. The predicted molar refractivity (Wildman–Crippen MR) is 102 cm³/mol. The van der Waals surface area contributed by atoms with E-state index in [1.807, 2.05) is 24.0 Å². The molecule has 0 unspecified atom stereocenters. The first-order valence-corrected chi connectivity index (χ1v) is 8.83. The molecule has 1 aliphatic heterocycles. The van der Waals surface area contributed by atoms with Gasteiger partial charge in [-0.25, -0.2) is 4.79 Å². The first-order valence-electron chi connectivity index (χ1n) is 8.45. The molecule has 0 aromatic heterocycles. The molecule has 0 radical (unpaired) electrons. The lowest BCUT2D eigenvalue weighted by molar-refractivity contribution is 0.208. The highest BCUT2D eigenvalue weighted by atomic mass is 35.5. The number of hydrogen-bond donors (Lipinski definition) is 1. The Morgan fingerprint density at radius 2 is 1.68 bits per heavy atom. The average Bonchev–Trinajstić information content (AvgIpc) is 2.65. The van der Waals surface area contributed by atoms with E-state index in [2.05, 4.69) is 22.3 Å². The van der Waals surface area contributed by atoms with E-state index >= 15 is 0 Å². The predicted octanol–water partition coefficient (Wildman–Crippen LogP) is 4.09. The fourth-order valence-corrected chi connectivity index (χ4v) is 2.95. The molecule has 132 valence electrons. The number of rotatable bonds is 4. The van der Waals surface area contributed by atoms with E-state index < -0.39 is 0 Å². The number of hydrogen-bond acceptors (Lipinski definition) is 3. The summed E-state index contributed by atoms with van der Waals surface area (Å²) < 4.78 is 5.47. The second-order valence-electron chi connectivity index (χ2n) is 5.84. The highest BCUT2D eigenvalue weighted by Gasteiger charge is 2.21. The lowest BCUT2D eigenvalue weighted by Crippen LogP contribution is -2.50. The fraction of sp³-hybridized carbons (Fsp3) is 0.316. The van der Waals surface area contributed by atoms with Gasteiger partial charge >= 0.3 is 6.03 Å². The first-order chi connectivity index (χ1) is 12.2. The van der Waals surface area contributed by atoms with E-state index in [4.69, 9.17) is 16.3 Å². The zero-order chi connectivity index (χ0) is 17.6. The van der Waals surface area contributed by atoms with Gasteiger partial charge in [-0.2, -0.15) is 0 Å². The van der Waals surface area contributed by atoms with E-state index in [1.54, 1.807) is 24.3 Å². The van der Waals surface area contributed by atoms with Gasteiger partial charge in [0.25, 0.3) is 0 Å². The van der Waals surface area contributed by atoms with Crippen molar-refractivity contribution < 1.29 is 9.53 Å². The highest BCUT2D eigenvalue weighted by molar-refractivity contribution is 6.30. The van der Waals surface area contributed by atoms with Gasteiger partial charge in [0.15, 0.2) is 0 Å².